The molecular weight excluding hydrogens is 198 g/mol. The molecule has 4 nitrogen and oxygen atoms in total. The zero-order valence-electron chi connectivity index (χ0n) is 8.04. The summed E-state index contributed by atoms with van der Waals surface area (Å²) in [5, 5.41) is 6.84. The van der Waals surface area contributed by atoms with E-state index in [1.807, 2.05) is 6.92 Å². The van der Waals surface area contributed by atoms with Crippen molar-refractivity contribution >= 4 is 22.2 Å². The van der Waals surface area contributed by atoms with Crippen molar-refractivity contribution in [2.24, 2.45) is 0 Å². The second-order valence-corrected chi connectivity index (χ2v) is 4.33. The second kappa shape index (κ2) is 4.06. The van der Waals surface area contributed by atoms with Crippen LogP contribution in [0.2, 0.25) is 0 Å². The minimum atomic E-state index is 0.0178. The van der Waals surface area contributed by atoms with E-state index in [1.54, 1.807) is 5.51 Å². The van der Waals surface area contributed by atoms with Crippen molar-refractivity contribution in [1.29, 1.82) is 0 Å². The number of anilines is 1. The Morgan fingerprint density at radius 2 is 2.50 bits per heavy atom. The number of nitrogens with one attached hydrogen (secondary N) is 2. The van der Waals surface area contributed by atoms with Gasteiger partial charge in [-0.25, -0.2) is 4.98 Å². The fourth-order valence-corrected chi connectivity index (χ4v) is 1.83. The summed E-state index contributed by atoms with van der Waals surface area (Å²) in [6.07, 6.45) is 2.40. The summed E-state index contributed by atoms with van der Waals surface area (Å²) in [6.45, 7) is 2.29. The molecule has 14 heavy (non-hydrogen) atoms. The van der Waals surface area contributed by atoms with Gasteiger partial charge in [-0.15, -0.1) is 11.3 Å². The molecule has 0 aliphatic heterocycles. The van der Waals surface area contributed by atoms with E-state index in [0.29, 0.717) is 12.6 Å². The zero-order valence-corrected chi connectivity index (χ0v) is 8.86. The van der Waals surface area contributed by atoms with E-state index in [9.17, 15) is 4.79 Å². The molecule has 2 rings (SSSR count). The smallest absolute Gasteiger partial charge is 0.238 e. The molecule has 1 saturated carbocycles. The van der Waals surface area contributed by atoms with E-state index < -0.39 is 0 Å². The number of aromatic nitrogens is 1. The van der Waals surface area contributed by atoms with Crippen molar-refractivity contribution < 1.29 is 4.79 Å². The lowest BCUT2D eigenvalue weighted by Crippen LogP contribution is -2.29. The van der Waals surface area contributed by atoms with E-state index >= 15 is 0 Å². The van der Waals surface area contributed by atoms with E-state index in [0.717, 1.165) is 10.7 Å². The lowest BCUT2D eigenvalue weighted by molar-refractivity contribution is -0.115. The van der Waals surface area contributed by atoms with Crippen LogP contribution in [0.3, 0.4) is 0 Å². The Morgan fingerprint density at radius 3 is 3.07 bits per heavy atom. The molecule has 5 heteroatoms. The van der Waals surface area contributed by atoms with Crippen LogP contribution in [0.15, 0.2) is 5.51 Å². The summed E-state index contributed by atoms with van der Waals surface area (Å²) in [4.78, 5) is 15.5. The molecule has 76 valence electrons. The fourth-order valence-electron chi connectivity index (χ4n) is 1.12. The van der Waals surface area contributed by atoms with E-state index in [4.69, 9.17) is 0 Å². The van der Waals surface area contributed by atoms with Crippen LogP contribution in [0, 0.1) is 6.92 Å². The first-order valence-electron chi connectivity index (χ1n) is 4.69. The molecular formula is C9H13N3OS. The van der Waals surface area contributed by atoms with Gasteiger partial charge in [0.15, 0.2) is 0 Å². The van der Waals surface area contributed by atoms with Gasteiger partial charge in [-0.3, -0.25) is 4.79 Å². The SMILES string of the molecule is Cc1ncsc1NC(=O)CNC1CC1. The lowest BCUT2D eigenvalue weighted by Gasteiger charge is -2.03. The lowest BCUT2D eigenvalue weighted by atomic mass is 10.5. The number of hydrogen-bond donors (Lipinski definition) is 2. The summed E-state index contributed by atoms with van der Waals surface area (Å²) in [5.74, 6) is 0.0178. The highest BCUT2D eigenvalue weighted by Crippen LogP contribution is 2.19. The van der Waals surface area contributed by atoms with Gasteiger partial charge in [0, 0.05) is 6.04 Å². The summed E-state index contributed by atoms with van der Waals surface area (Å²) >= 11 is 1.46. The van der Waals surface area contributed by atoms with Crippen LogP contribution in [-0.2, 0) is 4.79 Å². The van der Waals surface area contributed by atoms with Crippen LogP contribution < -0.4 is 10.6 Å². The van der Waals surface area contributed by atoms with Gasteiger partial charge >= 0.3 is 0 Å². The van der Waals surface area contributed by atoms with Crippen LogP contribution in [0.1, 0.15) is 18.5 Å². The molecule has 2 N–H and O–H groups in total. The Hall–Kier alpha value is -0.940. The number of amides is 1. The Morgan fingerprint density at radius 1 is 1.71 bits per heavy atom. The molecule has 0 saturated heterocycles. The molecule has 1 aromatic heterocycles. The maximum absolute atomic E-state index is 11.4. The molecule has 1 heterocycles. The topological polar surface area (TPSA) is 54.0 Å². The van der Waals surface area contributed by atoms with Crippen molar-refractivity contribution in [2.45, 2.75) is 25.8 Å². The molecule has 0 spiro atoms. The fraction of sp³-hybridized carbons (Fsp3) is 0.556. The summed E-state index contributed by atoms with van der Waals surface area (Å²) in [6, 6.07) is 0.573. The maximum atomic E-state index is 11.4. The minimum Gasteiger partial charge on any atom is -0.315 e. The maximum Gasteiger partial charge on any atom is 0.238 e. The third-order valence-corrected chi connectivity index (χ3v) is 2.97. The van der Waals surface area contributed by atoms with E-state index in [1.165, 1.54) is 24.2 Å². The van der Waals surface area contributed by atoms with Crippen molar-refractivity contribution in [1.82, 2.24) is 10.3 Å². The van der Waals surface area contributed by atoms with Gasteiger partial charge in [-0.1, -0.05) is 0 Å². The Balaban J connectivity index is 1.78. The van der Waals surface area contributed by atoms with Crippen molar-refractivity contribution in [2.75, 3.05) is 11.9 Å². The third-order valence-electron chi connectivity index (χ3n) is 2.13. The van der Waals surface area contributed by atoms with Gasteiger partial charge in [-0.2, -0.15) is 0 Å². The second-order valence-electron chi connectivity index (χ2n) is 3.47. The van der Waals surface area contributed by atoms with Gasteiger partial charge in [0.1, 0.15) is 5.00 Å². The predicted molar refractivity (Wildman–Crippen MR) is 56.5 cm³/mol. The number of nitrogens with zero attached hydrogens (tertiary/aromatic N) is 1. The van der Waals surface area contributed by atoms with Crippen LogP contribution in [0.25, 0.3) is 0 Å². The van der Waals surface area contributed by atoms with E-state index in [2.05, 4.69) is 15.6 Å². The van der Waals surface area contributed by atoms with Crippen LogP contribution in [0.4, 0.5) is 5.00 Å². The first-order chi connectivity index (χ1) is 6.75. The molecule has 0 unspecified atom stereocenters. The summed E-state index contributed by atoms with van der Waals surface area (Å²) in [5.41, 5.74) is 2.62. The number of hydrogen-bond acceptors (Lipinski definition) is 4. The normalized spacial score (nSPS) is 15.5. The first kappa shape index (κ1) is 9.61. The molecule has 0 bridgehead atoms. The molecule has 1 aliphatic carbocycles. The van der Waals surface area contributed by atoms with E-state index in [-0.39, 0.29) is 5.91 Å². The molecule has 0 atom stereocenters. The number of carbonyl (C=O) groups is 1. The Kier molecular flexibility index (Phi) is 2.79. The standard InChI is InChI=1S/C9H13N3OS/c1-6-9(14-5-11-6)12-8(13)4-10-7-2-3-7/h5,7,10H,2-4H2,1H3,(H,12,13). The number of rotatable bonds is 4. The van der Waals surface area contributed by atoms with Gasteiger partial charge in [0.2, 0.25) is 5.91 Å². The van der Waals surface area contributed by atoms with Gasteiger partial charge < -0.3 is 10.6 Å². The first-order valence-corrected chi connectivity index (χ1v) is 5.57. The van der Waals surface area contributed by atoms with Crippen molar-refractivity contribution in [3.8, 4) is 0 Å². The zero-order chi connectivity index (χ0) is 9.97. The number of carbonyl (C=O) groups excluding carboxylic acids is 1. The number of aryl methyl sites for hydroxylation is 1. The monoisotopic (exact) mass is 211 g/mol. The minimum absolute atomic E-state index is 0.0178. The van der Waals surface area contributed by atoms with Crippen molar-refractivity contribution in [3.63, 3.8) is 0 Å². The average molecular weight is 211 g/mol. The van der Waals surface area contributed by atoms with Gasteiger partial charge in [0.25, 0.3) is 0 Å². The van der Waals surface area contributed by atoms with Crippen LogP contribution in [0.5, 0.6) is 0 Å². The van der Waals surface area contributed by atoms with Gasteiger partial charge in [-0.05, 0) is 19.8 Å². The molecule has 0 aromatic carbocycles. The highest BCUT2D eigenvalue weighted by atomic mass is 32.1. The predicted octanol–water partition coefficient (Wildman–Crippen LogP) is 1.14. The van der Waals surface area contributed by atoms with Crippen LogP contribution >= 0.6 is 11.3 Å². The molecule has 1 aliphatic rings. The molecule has 1 aromatic rings. The quantitative estimate of drug-likeness (QED) is 0.785. The average Bonchev–Trinajstić information content (AvgIpc) is 2.90. The van der Waals surface area contributed by atoms with Crippen LogP contribution in [-0.4, -0.2) is 23.5 Å². The summed E-state index contributed by atoms with van der Waals surface area (Å²) < 4.78 is 0. The third kappa shape index (κ3) is 2.52. The van der Waals surface area contributed by atoms with Crippen molar-refractivity contribution in [3.05, 3.63) is 11.2 Å². The number of thiazole rings is 1. The van der Waals surface area contributed by atoms with Gasteiger partial charge in [0.05, 0.1) is 17.7 Å². The largest absolute Gasteiger partial charge is 0.315 e. The Bertz CT molecular complexity index is 333. The summed E-state index contributed by atoms with van der Waals surface area (Å²) in [7, 11) is 0. The highest BCUT2D eigenvalue weighted by molar-refractivity contribution is 7.14. The molecule has 0 radical (unpaired) electrons. The highest BCUT2D eigenvalue weighted by Gasteiger charge is 2.21. The molecule has 1 amide bonds. The Labute approximate surface area is 86.7 Å². The molecule has 1 fully saturated rings.